The van der Waals surface area contributed by atoms with Crippen molar-refractivity contribution in [3.63, 3.8) is 0 Å². The molecular weight excluding hydrogens is 400 g/mol. The number of rotatable bonds is 3. The van der Waals surface area contributed by atoms with Gasteiger partial charge in [0.15, 0.2) is 0 Å². The summed E-state index contributed by atoms with van der Waals surface area (Å²) >= 11 is 0. The van der Waals surface area contributed by atoms with Crippen LogP contribution in [0.4, 0.5) is 0 Å². The topological polar surface area (TPSA) is 0 Å². The summed E-state index contributed by atoms with van der Waals surface area (Å²) in [7, 11) is -2.53. The van der Waals surface area contributed by atoms with E-state index in [2.05, 4.69) is 108 Å². The van der Waals surface area contributed by atoms with Crippen LogP contribution in [0.3, 0.4) is 0 Å². The maximum atomic E-state index is 3.65. The highest BCUT2D eigenvalue weighted by Crippen LogP contribution is 2.28. The summed E-state index contributed by atoms with van der Waals surface area (Å²) in [5.74, 6) is 6.85. The zero-order chi connectivity index (χ0) is 22.1. The lowest BCUT2D eigenvalue weighted by molar-refractivity contribution is 1.62. The summed E-state index contributed by atoms with van der Waals surface area (Å²) < 4.78 is 0. The van der Waals surface area contributed by atoms with E-state index in [1.807, 2.05) is 48.5 Å². The van der Waals surface area contributed by atoms with Crippen molar-refractivity contribution < 1.29 is 0 Å². The van der Waals surface area contributed by atoms with Gasteiger partial charge >= 0.3 is 0 Å². The standard InChI is InChI=1S/C31H24Si/c1-32(24-22-27-14-6-2-7-15-27,25-23-28-16-8-3-9-17-28)31(30-20-12-5-13-21-30)26-29-18-10-4-11-19-29/h2-21,26H,1H3. The third-order valence-electron chi connectivity index (χ3n) is 5.20. The molecular formula is C31H24Si. The van der Waals surface area contributed by atoms with Gasteiger partial charge in [-0.1, -0.05) is 115 Å². The Balaban J connectivity index is 1.90. The fraction of sp³-hybridized carbons (Fsp3) is 0.0323. The maximum absolute atomic E-state index is 3.65. The molecule has 0 saturated carbocycles. The van der Waals surface area contributed by atoms with Crippen LogP contribution in [0.2, 0.25) is 6.55 Å². The number of hydrogen-bond acceptors (Lipinski definition) is 0. The van der Waals surface area contributed by atoms with Crippen LogP contribution in [0, 0.1) is 22.9 Å². The molecule has 0 radical (unpaired) electrons. The fourth-order valence-electron chi connectivity index (χ4n) is 3.45. The van der Waals surface area contributed by atoms with E-state index in [0.717, 1.165) is 16.7 Å². The Morgan fingerprint density at radius 2 is 0.969 bits per heavy atom. The van der Waals surface area contributed by atoms with Gasteiger partial charge in [0.1, 0.15) is 0 Å². The summed E-state index contributed by atoms with van der Waals surface area (Å²) in [6.07, 6.45) is 2.26. The van der Waals surface area contributed by atoms with Crippen LogP contribution < -0.4 is 0 Å². The van der Waals surface area contributed by atoms with Crippen molar-refractivity contribution in [3.05, 3.63) is 144 Å². The lowest BCUT2D eigenvalue weighted by atomic mass is 10.1. The Hall–Kier alpha value is -4.04. The minimum atomic E-state index is -2.53. The molecule has 0 aliphatic heterocycles. The van der Waals surface area contributed by atoms with Crippen LogP contribution >= 0.6 is 0 Å². The van der Waals surface area contributed by atoms with E-state index < -0.39 is 8.07 Å². The van der Waals surface area contributed by atoms with Gasteiger partial charge in [0, 0.05) is 11.1 Å². The van der Waals surface area contributed by atoms with Crippen molar-refractivity contribution in [1.82, 2.24) is 0 Å². The fourth-order valence-corrected chi connectivity index (χ4v) is 5.77. The lowest BCUT2D eigenvalue weighted by Gasteiger charge is -2.20. The molecule has 1 heteroatoms. The van der Waals surface area contributed by atoms with Crippen molar-refractivity contribution in [2.24, 2.45) is 0 Å². The minimum Gasteiger partial charge on any atom is -0.105 e. The molecule has 0 amide bonds. The van der Waals surface area contributed by atoms with Crippen molar-refractivity contribution in [2.45, 2.75) is 6.55 Å². The summed E-state index contributed by atoms with van der Waals surface area (Å²) in [4.78, 5) is 0. The molecule has 32 heavy (non-hydrogen) atoms. The van der Waals surface area contributed by atoms with Crippen LogP contribution in [0.25, 0.3) is 11.3 Å². The average Bonchev–Trinajstić information content (AvgIpc) is 2.87. The van der Waals surface area contributed by atoms with E-state index in [9.17, 15) is 0 Å². The van der Waals surface area contributed by atoms with Gasteiger partial charge in [-0.15, -0.1) is 11.1 Å². The smallest absolute Gasteiger partial charge is 0.105 e. The molecule has 0 heterocycles. The van der Waals surface area contributed by atoms with E-state index in [1.54, 1.807) is 0 Å². The van der Waals surface area contributed by atoms with Crippen LogP contribution in [-0.4, -0.2) is 8.07 Å². The quantitative estimate of drug-likeness (QED) is 0.188. The summed E-state index contributed by atoms with van der Waals surface area (Å²) in [6.45, 7) is 2.25. The first-order valence-corrected chi connectivity index (χ1v) is 13.2. The molecule has 0 nitrogen and oxygen atoms in total. The van der Waals surface area contributed by atoms with E-state index >= 15 is 0 Å². The highest BCUT2D eigenvalue weighted by Gasteiger charge is 2.30. The molecule has 0 fully saturated rings. The molecule has 0 spiro atoms. The first kappa shape index (κ1) is 21.2. The molecule has 4 rings (SSSR count). The maximum Gasteiger partial charge on any atom is 0.244 e. The Morgan fingerprint density at radius 1 is 0.562 bits per heavy atom. The highest BCUT2D eigenvalue weighted by atomic mass is 28.3. The van der Waals surface area contributed by atoms with Crippen LogP contribution in [-0.2, 0) is 0 Å². The second-order valence-corrected chi connectivity index (χ2v) is 11.0. The molecule has 0 aliphatic carbocycles. The van der Waals surface area contributed by atoms with Crippen molar-refractivity contribution >= 4 is 19.3 Å². The predicted molar refractivity (Wildman–Crippen MR) is 139 cm³/mol. The Bertz CT molecular complexity index is 1240. The molecule has 0 aromatic heterocycles. The average molecular weight is 425 g/mol. The van der Waals surface area contributed by atoms with Gasteiger partial charge in [-0.05, 0) is 47.1 Å². The first-order chi connectivity index (χ1) is 15.7. The van der Waals surface area contributed by atoms with Gasteiger partial charge in [-0.3, -0.25) is 0 Å². The molecule has 0 saturated heterocycles. The second kappa shape index (κ2) is 10.3. The molecule has 0 N–H and O–H groups in total. The molecule has 4 aromatic rings. The first-order valence-electron chi connectivity index (χ1n) is 10.7. The van der Waals surface area contributed by atoms with Gasteiger partial charge < -0.3 is 0 Å². The largest absolute Gasteiger partial charge is 0.244 e. The van der Waals surface area contributed by atoms with Crippen LogP contribution in [0.15, 0.2) is 121 Å². The van der Waals surface area contributed by atoms with Gasteiger partial charge in [0.2, 0.25) is 8.07 Å². The van der Waals surface area contributed by atoms with Crippen molar-refractivity contribution in [1.29, 1.82) is 0 Å². The zero-order valence-corrected chi connectivity index (χ0v) is 19.1. The lowest BCUT2D eigenvalue weighted by Crippen LogP contribution is -2.30. The van der Waals surface area contributed by atoms with Crippen molar-refractivity contribution in [3.8, 4) is 22.9 Å². The van der Waals surface area contributed by atoms with E-state index in [1.165, 1.54) is 10.8 Å². The van der Waals surface area contributed by atoms with Crippen LogP contribution in [0.5, 0.6) is 0 Å². The SMILES string of the molecule is C[Si](C#Cc1ccccc1)(C#Cc1ccccc1)C(=Cc1ccccc1)c1ccccc1. The minimum absolute atomic E-state index is 1.01. The van der Waals surface area contributed by atoms with E-state index in [0.29, 0.717) is 0 Å². The molecule has 0 unspecified atom stereocenters. The van der Waals surface area contributed by atoms with Gasteiger partial charge in [-0.25, -0.2) is 0 Å². The third-order valence-corrected chi connectivity index (χ3v) is 7.96. The predicted octanol–water partition coefficient (Wildman–Crippen LogP) is 7.03. The van der Waals surface area contributed by atoms with E-state index in [-0.39, 0.29) is 0 Å². The highest BCUT2D eigenvalue weighted by molar-refractivity contribution is 7.08. The number of hydrogen-bond donors (Lipinski definition) is 0. The van der Waals surface area contributed by atoms with Gasteiger partial charge in [0.05, 0.1) is 0 Å². The van der Waals surface area contributed by atoms with Crippen molar-refractivity contribution in [2.75, 3.05) is 0 Å². The Kier molecular flexibility index (Phi) is 6.83. The van der Waals surface area contributed by atoms with Gasteiger partial charge in [0.25, 0.3) is 0 Å². The van der Waals surface area contributed by atoms with Crippen LogP contribution in [0.1, 0.15) is 22.3 Å². The Morgan fingerprint density at radius 3 is 1.44 bits per heavy atom. The molecule has 0 aliphatic rings. The molecule has 0 bridgehead atoms. The normalized spacial score (nSPS) is 11.0. The second-order valence-electron chi connectivity index (χ2n) is 7.69. The molecule has 0 atom stereocenters. The Labute approximate surface area is 192 Å². The monoisotopic (exact) mass is 424 g/mol. The van der Waals surface area contributed by atoms with E-state index in [4.69, 9.17) is 0 Å². The third kappa shape index (κ3) is 5.55. The van der Waals surface area contributed by atoms with Gasteiger partial charge in [-0.2, -0.15) is 0 Å². The summed E-state index contributed by atoms with van der Waals surface area (Å²) in [5.41, 5.74) is 11.7. The molecule has 152 valence electrons. The molecule has 4 aromatic carbocycles. The number of benzene rings is 4. The summed E-state index contributed by atoms with van der Waals surface area (Å²) in [5, 5.41) is 1.22. The summed E-state index contributed by atoms with van der Waals surface area (Å²) in [6, 6.07) is 41.3. The zero-order valence-electron chi connectivity index (χ0n) is 18.1.